The molecule has 1 saturated heterocycles. The standard InChI is InChI=1S/C15H20ClNO2/c1-15(2,3)17-8-11(9-17)10-19-13-6-4-12(5-7-13)14(16)18/h4-7,11H,8-10H2,1-3H3. The van der Waals surface area contributed by atoms with Crippen molar-refractivity contribution in [2.45, 2.75) is 26.3 Å². The van der Waals surface area contributed by atoms with E-state index < -0.39 is 5.24 Å². The molecular weight excluding hydrogens is 262 g/mol. The Morgan fingerprint density at radius 3 is 2.37 bits per heavy atom. The van der Waals surface area contributed by atoms with Crippen LogP contribution in [0.1, 0.15) is 31.1 Å². The second-order valence-electron chi connectivity index (χ2n) is 6.05. The van der Waals surface area contributed by atoms with Gasteiger partial charge in [0, 0.05) is 30.1 Å². The van der Waals surface area contributed by atoms with Crippen molar-refractivity contribution in [3.8, 4) is 5.75 Å². The number of carbonyl (C=O) groups is 1. The fourth-order valence-corrected chi connectivity index (χ4v) is 2.25. The molecule has 0 amide bonds. The quantitative estimate of drug-likeness (QED) is 0.794. The summed E-state index contributed by atoms with van der Waals surface area (Å²) < 4.78 is 5.72. The maximum Gasteiger partial charge on any atom is 0.252 e. The van der Waals surface area contributed by atoms with Crippen LogP contribution in [-0.2, 0) is 0 Å². The lowest BCUT2D eigenvalue weighted by Gasteiger charge is -2.47. The van der Waals surface area contributed by atoms with Gasteiger partial charge in [-0.05, 0) is 56.6 Å². The summed E-state index contributed by atoms with van der Waals surface area (Å²) >= 11 is 5.39. The monoisotopic (exact) mass is 281 g/mol. The van der Waals surface area contributed by atoms with Gasteiger partial charge in [0.1, 0.15) is 5.75 Å². The van der Waals surface area contributed by atoms with E-state index in [-0.39, 0.29) is 5.54 Å². The van der Waals surface area contributed by atoms with Crippen LogP contribution in [-0.4, -0.2) is 35.4 Å². The van der Waals surface area contributed by atoms with Gasteiger partial charge in [-0.15, -0.1) is 0 Å². The van der Waals surface area contributed by atoms with E-state index in [4.69, 9.17) is 16.3 Å². The van der Waals surface area contributed by atoms with Gasteiger partial charge in [0.05, 0.1) is 6.61 Å². The maximum atomic E-state index is 10.9. The van der Waals surface area contributed by atoms with Crippen LogP contribution in [0.5, 0.6) is 5.75 Å². The number of halogens is 1. The molecule has 0 aliphatic carbocycles. The molecule has 0 saturated carbocycles. The van der Waals surface area contributed by atoms with Crippen LogP contribution >= 0.6 is 11.6 Å². The lowest BCUT2D eigenvalue weighted by molar-refractivity contribution is -0.00584. The van der Waals surface area contributed by atoms with Crippen molar-refractivity contribution >= 4 is 16.8 Å². The third-order valence-electron chi connectivity index (χ3n) is 3.47. The SMILES string of the molecule is CC(C)(C)N1CC(COc2ccc(C(=O)Cl)cc2)C1. The van der Waals surface area contributed by atoms with E-state index in [2.05, 4.69) is 25.7 Å². The summed E-state index contributed by atoms with van der Waals surface area (Å²) in [5.74, 6) is 1.38. The zero-order valence-corrected chi connectivity index (χ0v) is 12.4. The van der Waals surface area contributed by atoms with Gasteiger partial charge in [-0.1, -0.05) is 0 Å². The molecule has 2 rings (SSSR count). The van der Waals surface area contributed by atoms with E-state index in [0.717, 1.165) is 25.4 Å². The molecule has 19 heavy (non-hydrogen) atoms. The van der Waals surface area contributed by atoms with Gasteiger partial charge in [0.15, 0.2) is 0 Å². The summed E-state index contributed by atoms with van der Waals surface area (Å²) in [6, 6.07) is 6.95. The summed E-state index contributed by atoms with van der Waals surface area (Å²) in [5.41, 5.74) is 0.746. The normalized spacial score (nSPS) is 17.1. The molecule has 0 radical (unpaired) electrons. The van der Waals surface area contributed by atoms with E-state index in [1.54, 1.807) is 24.3 Å². The highest BCUT2D eigenvalue weighted by atomic mass is 35.5. The van der Waals surface area contributed by atoms with Crippen LogP contribution in [0.2, 0.25) is 0 Å². The zero-order chi connectivity index (χ0) is 14.0. The largest absolute Gasteiger partial charge is 0.493 e. The van der Waals surface area contributed by atoms with Crippen molar-refractivity contribution in [1.82, 2.24) is 4.90 Å². The van der Waals surface area contributed by atoms with Crippen LogP contribution in [0.15, 0.2) is 24.3 Å². The van der Waals surface area contributed by atoms with Gasteiger partial charge in [0.25, 0.3) is 5.24 Å². The predicted octanol–water partition coefficient (Wildman–Crippen LogP) is 3.17. The van der Waals surface area contributed by atoms with Crippen LogP contribution in [0.3, 0.4) is 0 Å². The van der Waals surface area contributed by atoms with Crippen molar-refractivity contribution in [3.05, 3.63) is 29.8 Å². The molecule has 1 fully saturated rings. The summed E-state index contributed by atoms with van der Waals surface area (Å²) in [7, 11) is 0. The molecule has 1 aliphatic heterocycles. The third-order valence-corrected chi connectivity index (χ3v) is 3.69. The minimum absolute atomic E-state index is 0.249. The molecule has 0 spiro atoms. The van der Waals surface area contributed by atoms with Gasteiger partial charge in [0.2, 0.25) is 0 Å². The molecule has 1 aromatic carbocycles. The molecule has 1 aliphatic rings. The Balaban J connectivity index is 1.77. The topological polar surface area (TPSA) is 29.5 Å². The Hall–Kier alpha value is -1.06. The molecule has 0 N–H and O–H groups in total. The number of hydrogen-bond acceptors (Lipinski definition) is 3. The molecular formula is C15H20ClNO2. The Morgan fingerprint density at radius 2 is 1.89 bits per heavy atom. The molecule has 1 aromatic rings. The number of hydrogen-bond donors (Lipinski definition) is 0. The first-order chi connectivity index (χ1) is 8.86. The molecule has 0 unspecified atom stereocenters. The lowest BCUT2D eigenvalue weighted by Crippen LogP contribution is -2.57. The highest BCUT2D eigenvalue weighted by Gasteiger charge is 2.34. The average molecular weight is 282 g/mol. The molecule has 0 bridgehead atoms. The summed E-state index contributed by atoms with van der Waals surface area (Å²) in [6.07, 6.45) is 0. The molecule has 104 valence electrons. The van der Waals surface area contributed by atoms with Crippen LogP contribution in [0.25, 0.3) is 0 Å². The van der Waals surface area contributed by atoms with Crippen molar-refractivity contribution in [2.24, 2.45) is 5.92 Å². The summed E-state index contributed by atoms with van der Waals surface area (Å²) in [4.78, 5) is 13.4. The first kappa shape index (κ1) is 14.4. The summed E-state index contributed by atoms with van der Waals surface area (Å²) in [5, 5.41) is -0.439. The predicted molar refractivity (Wildman–Crippen MR) is 76.9 cm³/mol. The number of nitrogens with zero attached hydrogens (tertiary/aromatic N) is 1. The number of ether oxygens (including phenoxy) is 1. The maximum absolute atomic E-state index is 10.9. The van der Waals surface area contributed by atoms with E-state index in [1.807, 2.05) is 0 Å². The van der Waals surface area contributed by atoms with Crippen LogP contribution in [0.4, 0.5) is 0 Å². The second-order valence-corrected chi connectivity index (χ2v) is 6.39. The van der Waals surface area contributed by atoms with Gasteiger partial charge in [-0.3, -0.25) is 9.69 Å². The minimum Gasteiger partial charge on any atom is -0.493 e. The number of carbonyl (C=O) groups excluding carboxylic acids is 1. The molecule has 3 nitrogen and oxygen atoms in total. The molecule has 0 atom stereocenters. The smallest absolute Gasteiger partial charge is 0.252 e. The third kappa shape index (κ3) is 3.71. The van der Waals surface area contributed by atoms with Gasteiger partial charge in [-0.25, -0.2) is 0 Å². The van der Waals surface area contributed by atoms with Crippen molar-refractivity contribution in [1.29, 1.82) is 0 Å². The van der Waals surface area contributed by atoms with E-state index in [1.165, 1.54) is 0 Å². The Bertz CT molecular complexity index is 444. The number of benzene rings is 1. The van der Waals surface area contributed by atoms with Crippen LogP contribution < -0.4 is 4.74 Å². The fraction of sp³-hybridized carbons (Fsp3) is 0.533. The highest BCUT2D eigenvalue weighted by Crippen LogP contribution is 2.26. The van der Waals surface area contributed by atoms with Gasteiger partial charge < -0.3 is 4.74 Å². The molecule has 4 heteroatoms. The number of likely N-dealkylation sites (tertiary alicyclic amines) is 1. The Kier molecular flexibility index (Phi) is 4.16. The Labute approximate surface area is 119 Å². The van der Waals surface area contributed by atoms with Crippen LogP contribution in [0, 0.1) is 5.92 Å². The molecule has 0 aromatic heterocycles. The van der Waals surface area contributed by atoms with Gasteiger partial charge >= 0.3 is 0 Å². The van der Waals surface area contributed by atoms with E-state index in [0.29, 0.717) is 11.5 Å². The second kappa shape index (κ2) is 5.51. The van der Waals surface area contributed by atoms with Crippen molar-refractivity contribution in [3.63, 3.8) is 0 Å². The lowest BCUT2D eigenvalue weighted by atomic mass is 9.93. The minimum atomic E-state index is -0.439. The Morgan fingerprint density at radius 1 is 1.32 bits per heavy atom. The molecule has 1 heterocycles. The van der Waals surface area contributed by atoms with Crippen molar-refractivity contribution in [2.75, 3.05) is 19.7 Å². The van der Waals surface area contributed by atoms with Gasteiger partial charge in [-0.2, -0.15) is 0 Å². The first-order valence-corrected chi connectivity index (χ1v) is 6.92. The van der Waals surface area contributed by atoms with E-state index >= 15 is 0 Å². The fourth-order valence-electron chi connectivity index (χ4n) is 2.12. The van der Waals surface area contributed by atoms with Crippen molar-refractivity contribution < 1.29 is 9.53 Å². The average Bonchev–Trinajstić information content (AvgIpc) is 2.25. The summed E-state index contributed by atoms with van der Waals surface area (Å²) in [6.45, 7) is 9.58. The number of rotatable bonds is 4. The highest BCUT2D eigenvalue weighted by molar-refractivity contribution is 6.67. The van der Waals surface area contributed by atoms with E-state index in [9.17, 15) is 4.79 Å². The zero-order valence-electron chi connectivity index (χ0n) is 11.6. The first-order valence-electron chi connectivity index (χ1n) is 6.54.